The summed E-state index contributed by atoms with van der Waals surface area (Å²) in [4.78, 5) is 70.4. The summed E-state index contributed by atoms with van der Waals surface area (Å²) in [5.41, 5.74) is 10.5. The zero-order valence-corrected chi connectivity index (χ0v) is 18.7. The van der Waals surface area contributed by atoms with Crippen LogP contribution in [0, 0.1) is 5.92 Å². The summed E-state index contributed by atoms with van der Waals surface area (Å²) in [6.07, 6.45) is -2.64. The molecule has 4 amide bonds. The van der Waals surface area contributed by atoms with E-state index in [1.165, 1.54) is 6.92 Å². The van der Waals surface area contributed by atoms with Crippen LogP contribution in [0.1, 0.15) is 46.5 Å². The van der Waals surface area contributed by atoms with Crippen LogP contribution in [0.4, 0.5) is 0 Å². The highest BCUT2D eigenvalue weighted by Crippen LogP contribution is 2.08. The van der Waals surface area contributed by atoms with E-state index < -0.39 is 72.3 Å². The fraction of sp³-hybridized carbons (Fsp3) is 0.684. The van der Waals surface area contributed by atoms with Crippen molar-refractivity contribution in [3.8, 4) is 0 Å². The van der Waals surface area contributed by atoms with Gasteiger partial charge in [-0.15, -0.1) is 0 Å². The molecule has 0 aromatic rings. The van der Waals surface area contributed by atoms with E-state index in [4.69, 9.17) is 16.6 Å². The van der Waals surface area contributed by atoms with Gasteiger partial charge in [-0.25, -0.2) is 4.79 Å². The lowest BCUT2D eigenvalue weighted by Gasteiger charge is -2.27. The van der Waals surface area contributed by atoms with Gasteiger partial charge in [0, 0.05) is 6.42 Å². The van der Waals surface area contributed by atoms with Crippen LogP contribution in [0.3, 0.4) is 0 Å². The molecule has 0 saturated heterocycles. The summed E-state index contributed by atoms with van der Waals surface area (Å²) in [5.74, 6) is -6.44. The Kier molecular flexibility index (Phi) is 12.6. The van der Waals surface area contributed by atoms with Crippen LogP contribution in [0.15, 0.2) is 0 Å². The van der Waals surface area contributed by atoms with Crippen molar-refractivity contribution in [2.75, 3.05) is 0 Å². The van der Waals surface area contributed by atoms with Gasteiger partial charge in [0.2, 0.25) is 23.6 Å². The van der Waals surface area contributed by atoms with E-state index in [2.05, 4.69) is 16.0 Å². The van der Waals surface area contributed by atoms with Crippen LogP contribution in [0.25, 0.3) is 0 Å². The fourth-order valence-corrected chi connectivity index (χ4v) is 2.73. The van der Waals surface area contributed by atoms with Crippen LogP contribution < -0.4 is 27.4 Å². The maximum absolute atomic E-state index is 12.8. The molecule has 0 rings (SSSR count). The third-order valence-electron chi connectivity index (χ3n) is 4.43. The second-order valence-corrected chi connectivity index (χ2v) is 8.03. The Hall–Kier alpha value is -3.26. The van der Waals surface area contributed by atoms with Gasteiger partial charge in [0.25, 0.3) is 0 Å². The number of rotatable bonds is 15. The Bertz CT molecular complexity index is 741. The second kappa shape index (κ2) is 14.0. The third kappa shape index (κ3) is 11.8. The zero-order chi connectivity index (χ0) is 25.9. The smallest absolute Gasteiger partial charge is 0.326 e. The van der Waals surface area contributed by atoms with E-state index in [-0.39, 0.29) is 25.2 Å². The van der Waals surface area contributed by atoms with Crippen LogP contribution >= 0.6 is 0 Å². The molecule has 0 aromatic carbocycles. The number of carbonyl (C=O) groups is 6. The minimum atomic E-state index is -1.59. The summed E-state index contributed by atoms with van der Waals surface area (Å²) < 4.78 is 0. The molecule has 0 aliphatic carbocycles. The molecule has 0 spiro atoms. The molecule has 0 fully saturated rings. The summed E-state index contributed by atoms with van der Waals surface area (Å²) in [6.45, 7) is 4.68. The number of carboxylic acids is 2. The maximum atomic E-state index is 12.8. The number of amides is 4. The Morgan fingerprint density at radius 3 is 1.82 bits per heavy atom. The largest absolute Gasteiger partial charge is 0.481 e. The van der Waals surface area contributed by atoms with E-state index in [9.17, 15) is 39.0 Å². The average Bonchev–Trinajstić information content (AvgIpc) is 2.66. The van der Waals surface area contributed by atoms with Crippen molar-refractivity contribution < 1.29 is 44.1 Å². The number of hydrogen-bond donors (Lipinski definition) is 8. The molecule has 0 heterocycles. The number of carboxylic acid groups (broad SMARTS) is 2. The van der Waals surface area contributed by atoms with Gasteiger partial charge in [-0.1, -0.05) is 13.8 Å². The quantitative estimate of drug-likeness (QED) is 0.119. The number of carbonyl (C=O) groups excluding carboxylic acids is 4. The van der Waals surface area contributed by atoms with Crippen LogP contribution in [-0.2, 0) is 28.8 Å². The third-order valence-corrected chi connectivity index (χ3v) is 4.43. The number of aliphatic hydroxyl groups excluding tert-OH is 1. The first-order chi connectivity index (χ1) is 15.1. The molecule has 0 saturated carbocycles. The summed E-state index contributed by atoms with van der Waals surface area (Å²) >= 11 is 0. The first kappa shape index (κ1) is 29.7. The monoisotopic (exact) mass is 475 g/mol. The van der Waals surface area contributed by atoms with Gasteiger partial charge in [-0.05, 0) is 25.7 Å². The van der Waals surface area contributed by atoms with E-state index in [0.29, 0.717) is 0 Å². The molecule has 0 radical (unpaired) electrons. The molecule has 10 N–H and O–H groups in total. The van der Waals surface area contributed by atoms with Crippen molar-refractivity contribution in [3.63, 3.8) is 0 Å². The normalized spacial score (nSPS) is 15.5. The van der Waals surface area contributed by atoms with Crippen LogP contribution in [0.2, 0.25) is 0 Å². The highest BCUT2D eigenvalue weighted by Gasteiger charge is 2.33. The van der Waals surface area contributed by atoms with E-state index >= 15 is 0 Å². The average molecular weight is 475 g/mol. The number of primary amides is 1. The molecule has 188 valence electrons. The number of aliphatic hydroxyl groups is 1. The SMILES string of the molecule is CC(C)CC(NC(=O)C(N)CC(=O)O)C(=O)NC(C(=O)NC(CCC(N)=O)C(=O)O)C(C)O. The van der Waals surface area contributed by atoms with Crippen LogP contribution in [-0.4, -0.2) is 81.2 Å². The second-order valence-electron chi connectivity index (χ2n) is 8.03. The van der Waals surface area contributed by atoms with Crippen molar-refractivity contribution in [2.24, 2.45) is 17.4 Å². The van der Waals surface area contributed by atoms with Crippen LogP contribution in [0.5, 0.6) is 0 Å². The molecule has 0 bridgehead atoms. The summed E-state index contributed by atoms with van der Waals surface area (Å²) in [6, 6.07) is -5.71. The lowest BCUT2D eigenvalue weighted by atomic mass is 10.0. The van der Waals surface area contributed by atoms with Gasteiger partial charge < -0.3 is 42.7 Å². The van der Waals surface area contributed by atoms with E-state index in [1.807, 2.05) is 0 Å². The fourth-order valence-electron chi connectivity index (χ4n) is 2.73. The van der Waals surface area contributed by atoms with Gasteiger partial charge in [-0.2, -0.15) is 0 Å². The highest BCUT2D eigenvalue weighted by molar-refractivity contribution is 5.95. The lowest BCUT2D eigenvalue weighted by molar-refractivity contribution is -0.143. The Labute approximate surface area is 190 Å². The first-order valence-electron chi connectivity index (χ1n) is 10.2. The molecule has 5 unspecified atom stereocenters. The first-order valence-corrected chi connectivity index (χ1v) is 10.2. The minimum absolute atomic E-state index is 0.0991. The standard InChI is InChI=1S/C19H33N5O9/c1-8(2)6-12(23-16(29)10(20)7-14(27)28)17(30)24-15(9(3)25)18(31)22-11(19(32)33)4-5-13(21)26/h8-12,15,25H,4-7,20H2,1-3H3,(H2,21,26)(H,22,31)(H,23,29)(H,24,30)(H,27,28)(H,32,33). The molecule has 5 atom stereocenters. The highest BCUT2D eigenvalue weighted by atomic mass is 16.4. The predicted molar refractivity (Wildman–Crippen MR) is 113 cm³/mol. The molecule has 14 nitrogen and oxygen atoms in total. The topological polar surface area (TPSA) is 251 Å². The minimum Gasteiger partial charge on any atom is -0.481 e. The summed E-state index contributed by atoms with van der Waals surface area (Å²) in [7, 11) is 0. The van der Waals surface area contributed by atoms with Crippen molar-refractivity contribution in [1.82, 2.24) is 16.0 Å². The van der Waals surface area contributed by atoms with Gasteiger partial charge in [-0.3, -0.25) is 24.0 Å². The number of nitrogens with two attached hydrogens (primary N) is 2. The van der Waals surface area contributed by atoms with Gasteiger partial charge >= 0.3 is 11.9 Å². The van der Waals surface area contributed by atoms with Gasteiger partial charge in [0.15, 0.2) is 0 Å². The molecule has 0 aliphatic heterocycles. The van der Waals surface area contributed by atoms with E-state index in [0.717, 1.165) is 0 Å². The summed E-state index contributed by atoms with van der Waals surface area (Å²) in [5, 5.41) is 34.7. The molecular weight excluding hydrogens is 442 g/mol. The molecule has 33 heavy (non-hydrogen) atoms. The Morgan fingerprint density at radius 2 is 1.39 bits per heavy atom. The van der Waals surface area contributed by atoms with Crippen molar-refractivity contribution in [2.45, 2.75) is 76.7 Å². The Morgan fingerprint density at radius 1 is 0.848 bits per heavy atom. The van der Waals surface area contributed by atoms with Crippen molar-refractivity contribution in [1.29, 1.82) is 0 Å². The number of aliphatic carboxylic acids is 2. The van der Waals surface area contributed by atoms with Crippen molar-refractivity contribution >= 4 is 35.6 Å². The Balaban J connectivity index is 5.43. The number of nitrogens with one attached hydrogen (secondary N) is 3. The molecule has 0 aliphatic rings. The van der Waals surface area contributed by atoms with E-state index in [1.54, 1.807) is 13.8 Å². The molecule has 0 aromatic heterocycles. The molecular formula is C19H33N5O9. The number of hydrogen-bond acceptors (Lipinski definition) is 8. The van der Waals surface area contributed by atoms with Crippen molar-refractivity contribution in [3.05, 3.63) is 0 Å². The van der Waals surface area contributed by atoms with Gasteiger partial charge in [0.1, 0.15) is 18.1 Å². The molecule has 14 heteroatoms. The van der Waals surface area contributed by atoms with Gasteiger partial charge in [0.05, 0.1) is 18.6 Å². The predicted octanol–water partition coefficient (Wildman–Crippen LogP) is -2.98. The maximum Gasteiger partial charge on any atom is 0.326 e. The lowest BCUT2D eigenvalue weighted by Crippen LogP contribution is -2.60. The zero-order valence-electron chi connectivity index (χ0n) is 18.7.